The molecule has 0 radical (unpaired) electrons. The molecule has 1 heterocycles. The van der Waals surface area contributed by atoms with Gasteiger partial charge in [0.15, 0.2) is 0 Å². The van der Waals surface area contributed by atoms with E-state index < -0.39 is 0 Å². The highest BCUT2D eigenvalue weighted by Gasteiger charge is 2.10. The highest BCUT2D eigenvalue weighted by molar-refractivity contribution is 5.95. The van der Waals surface area contributed by atoms with Crippen molar-refractivity contribution in [3.05, 3.63) is 48.3 Å². The van der Waals surface area contributed by atoms with Crippen molar-refractivity contribution < 1.29 is 4.79 Å². The smallest absolute Gasteiger partial charge is 0.253 e. The van der Waals surface area contributed by atoms with E-state index in [2.05, 4.69) is 10.3 Å². The number of halogens is 2. The first kappa shape index (κ1) is 22.2. The van der Waals surface area contributed by atoms with Gasteiger partial charge in [0.05, 0.1) is 5.56 Å². The van der Waals surface area contributed by atoms with Crippen LogP contribution in [0.3, 0.4) is 0 Å². The molecule has 0 spiro atoms. The first-order valence-electron chi connectivity index (χ1n) is 7.25. The van der Waals surface area contributed by atoms with E-state index in [4.69, 9.17) is 5.73 Å². The van der Waals surface area contributed by atoms with Crippen molar-refractivity contribution in [2.45, 2.75) is 13.0 Å². The van der Waals surface area contributed by atoms with Crippen LogP contribution in [0.4, 0.5) is 5.69 Å². The van der Waals surface area contributed by atoms with Crippen LogP contribution in [0.1, 0.15) is 17.3 Å². The molecular weight excluding hydrogens is 347 g/mol. The molecule has 3 N–H and O–H groups in total. The number of aromatic nitrogens is 1. The molecule has 0 bridgehead atoms. The van der Waals surface area contributed by atoms with E-state index in [0.717, 1.165) is 16.8 Å². The second-order valence-electron chi connectivity index (χ2n) is 5.51. The van der Waals surface area contributed by atoms with Gasteiger partial charge in [-0.15, -0.1) is 24.8 Å². The molecule has 0 aliphatic rings. The van der Waals surface area contributed by atoms with E-state index in [9.17, 15) is 4.79 Å². The molecule has 0 saturated carbocycles. The third-order valence-electron chi connectivity index (χ3n) is 3.45. The maximum atomic E-state index is 12.1. The van der Waals surface area contributed by atoms with E-state index in [0.29, 0.717) is 12.1 Å². The number of hydrogen-bond acceptors (Lipinski definition) is 4. The van der Waals surface area contributed by atoms with Gasteiger partial charge >= 0.3 is 0 Å². The summed E-state index contributed by atoms with van der Waals surface area (Å²) >= 11 is 0. The summed E-state index contributed by atoms with van der Waals surface area (Å²) in [6.07, 6.45) is 3.32. The first-order valence-corrected chi connectivity index (χ1v) is 7.25. The van der Waals surface area contributed by atoms with Crippen molar-refractivity contribution >= 4 is 36.4 Å². The van der Waals surface area contributed by atoms with E-state index in [-0.39, 0.29) is 36.8 Å². The van der Waals surface area contributed by atoms with Crippen LogP contribution in [0.2, 0.25) is 0 Å². The predicted octanol–water partition coefficient (Wildman–Crippen LogP) is 2.74. The predicted molar refractivity (Wildman–Crippen MR) is 104 cm³/mol. The number of amides is 1. The third kappa shape index (κ3) is 5.67. The quantitative estimate of drug-likeness (QED) is 0.848. The van der Waals surface area contributed by atoms with E-state index in [1.165, 1.54) is 0 Å². The fraction of sp³-hybridized carbons (Fsp3) is 0.294. The molecule has 0 fully saturated rings. The van der Waals surface area contributed by atoms with Gasteiger partial charge in [-0.25, -0.2) is 0 Å². The lowest BCUT2D eigenvalue weighted by molar-refractivity contribution is 0.0941. The van der Waals surface area contributed by atoms with Crippen molar-refractivity contribution in [3.63, 3.8) is 0 Å². The second-order valence-corrected chi connectivity index (χ2v) is 5.51. The molecular formula is C17H24Cl2N4O. The Bertz CT molecular complexity index is 647. The van der Waals surface area contributed by atoms with E-state index >= 15 is 0 Å². The SMILES string of the molecule is C[C@@H](CN)NC(=O)c1cncc(-c2ccc(N(C)C)cc2)c1.Cl.Cl. The van der Waals surface area contributed by atoms with Gasteiger partial charge in [-0.05, 0) is 30.7 Å². The Balaban J connectivity index is 0.00000264. The summed E-state index contributed by atoms with van der Waals surface area (Å²) in [5.74, 6) is -0.155. The fourth-order valence-corrected chi connectivity index (χ4v) is 2.04. The maximum Gasteiger partial charge on any atom is 0.253 e. The van der Waals surface area contributed by atoms with E-state index in [1.54, 1.807) is 12.4 Å². The Morgan fingerprint density at radius 1 is 1.17 bits per heavy atom. The van der Waals surface area contributed by atoms with Gasteiger partial charge in [0.1, 0.15) is 0 Å². The summed E-state index contributed by atoms with van der Waals surface area (Å²) in [4.78, 5) is 18.3. The normalized spacial score (nSPS) is 10.8. The van der Waals surface area contributed by atoms with Gasteiger partial charge in [0.25, 0.3) is 5.91 Å². The summed E-state index contributed by atoms with van der Waals surface area (Å²) in [6.45, 7) is 2.28. The molecule has 2 rings (SSSR count). The van der Waals surface area contributed by atoms with Crippen molar-refractivity contribution in [2.75, 3.05) is 25.5 Å². The zero-order valence-corrected chi connectivity index (χ0v) is 15.7. The number of carbonyl (C=O) groups is 1. The van der Waals surface area contributed by atoms with Crippen LogP contribution < -0.4 is 16.0 Å². The number of anilines is 1. The van der Waals surface area contributed by atoms with Gasteiger partial charge in [0.2, 0.25) is 0 Å². The molecule has 0 aliphatic heterocycles. The molecule has 132 valence electrons. The molecule has 0 aliphatic carbocycles. The Morgan fingerprint density at radius 3 is 2.33 bits per heavy atom. The van der Waals surface area contributed by atoms with E-state index in [1.807, 2.05) is 56.3 Å². The van der Waals surface area contributed by atoms with Crippen LogP contribution in [-0.2, 0) is 0 Å². The Morgan fingerprint density at radius 2 is 1.79 bits per heavy atom. The lowest BCUT2D eigenvalue weighted by Gasteiger charge is -2.13. The van der Waals surface area contributed by atoms with Gasteiger partial charge < -0.3 is 16.0 Å². The van der Waals surface area contributed by atoms with Crippen molar-refractivity contribution in [2.24, 2.45) is 5.73 Å². The third-order valence-corrected chi connectivity index (χ3v) is 3.45. The maximum absolute atomic E-state index is 12.1. The van der Waals surface area contributed by atoms with Gasteiger partial charge in [-0.3, -0.25) is 9.78 Å². The summed E-state index contributed by atoms with van der Waals surface area (Å²) < 4.78 is 0. The number of nitrogens with zero attached hydrogens (tertiary/aromatic N) is 2. The zero-order chi connectivity index (χ0) is 16.1. The number of nitrogens with one attached hydrogen (secondary N) is 1. The van der Waals surface area contributed by atoms with Crippen LogP contribution in [0, 0.1) is 0 Å². The number of rotatable bonds is 5. The van der Waals surface area contributed by atoms with Crippen LogP contribution >= 0.6 is 24.8 Å². The largest absolute Gasteiger partial charge is 0.378 e. The summed E-state index contributed by atoms with van der Waals surface area (Å²) in [7, 11) is 4.00. The minimum absolute atomic E-state index is 0. The molecule has 5 nitrogen and oxygen atoms in total. The Labute approximate surface area is 155 Å². The number of benzene rings is 1. The Hall–Kier alpha value is -1.82. The Kier molecular flexibility index (Phi) is 9.36. The molecule has 1 aromatic heterocycles. The van der Waals surface area contributed by atoms with Crippen molar-refractivity contribution in [1.29, 1.82) is 0 Å². The molecule has 0 unspecified atom stereocenters. The minimum atomic E-state index is -0.155. The molecule has 2 aromatic rings. The molecule has 1 amide bonds. The van der Waals surface area contributed by atoms with Crippen LogP contribution in [0.5, 0.6) is 0 Å². The summed E-state index contributed by atoms with van der Waals surface area (Å²) in [5.41, 5.74) is 9.13. The lowest BCUT2D eigenvalue weighted by Crippen LogP contribution is -2.37. The average molecular weight is 371 g/mol. The molecule has 24 heavy (non-hydrogen) atoms. The molecule has 1 aromatic carbocycles. The number of hydrogen-bond donors (Lipinski definition) is 2. The molecule has 0 saturated heterocycles. The topological polar surface area (TPSA) is 71.2 Å². The minimum Gasteiger partial charge on any atom is -0.378 e. The lowest BCUT2D eigenvalue weighted by atomic mass is 10.1. The fourth-order valence-electron chi connectivity index (χ4n) is 2.04. The first-order chi connectivity index (χ1) is 10.5. The van der Waals surface area contributed by atoms with Crippen LogP contribution in [0.15, 0.2) is 42.7 Å². The summed E-state index contributed by atoms with van der Waals surface area (Å²) in [6, 6.07) is 9.91. The standard InChI is InChI=1S/C17H22N4O.2ClH/c1-12(9-18)20-17(22)15-8-14(10-19-11-15)13-4-6-16(7-5-13)21(2)3;;/h4-8,10-12H,9,18H2,1-3H3,(H,20,22);2*1H/t12-;;/m0../s1. The van der Waals surface area contributed by atoms with Crippen molar-refractivity contribution in [1.82, 2.24) is 10.3 Å². The van der Waals surface area contributed by atoms with Gasteiger partial charge in [0, 0.05) is 50.3 Å². The van der Waals surface area contributed by atoms with Gasteiger partial charge in [-0.2, -0.15) is 0 Å². The monoisotopic (exact) mass is 370 g/mol. The highest BCUT2D eigenvalue weighted by atomic mass is 35.5. The van der Waals surface area contributed by atoms with Crippen LogP contribution in [-0.4, -0.2) is 37.6 Å². The highest BCUT2D eigenvalue weighted by Crippen LogP contribution is 2.22. The van der Waals surface area contributed by atoms with Gasteiger partial charge in [-0.1, -0.05) is 12.1 Å². The number of nitrogens with two attached hydrogens (primary N) is 1. The molecule has 1 atom stereocenters. The van der Waals surface area contributed by atoms with Crippen molar-refractivity contribution in [3.8, 4) is 11.1 Å². The number of carbonyl (C=O) groups excluding carboxylic acids is 1. The zero-order valence-electron chi connectivity index (χ0n) is 14.0. The number of pyridine rings is 1. The van der Waals surface area contributed by atoms with Crippen LogP contribution in [0.25, 0.3) is 11.1 Å². The molecule has 7 heteroatoms. The summed E-state index contributed by atoms with van der Waals surface area (Å²) in [5, 5.41) is 2.84. The second kappa shape index (κ2) is 10.1. The average Bonchev–Trinajstić information content (AvgIpc) is 2.54.